The van der Waals surface area contributed by atoms with Crippen LogP contribution in [-0.4, -0.2) is 34.7 Å². The molecule has 5 N–H and O–H groups in total. The molecule has 1 aromatic carbocycles. The van der Waals surface area contributed by atoms with Crippen molar-refractivity contribution in [3.05, 3.63) is 28.8 Å². The number of carboxylic acids is 2. The number of aryl methyl sites for hydroxylation is 1. The SMILES string of the molecule is Cc1cccc(Cl)c1N[C@@H](C)C(=O)O.NCC(=O)O. The van der Waals surface area contributed by atoms with Crippen LogP contribution in [0.3, 0.4) is 0 Å². The predicted octanol–water partition coefficient (Wildman–Crippen LogP) is 1.56. The molecule has 0 spiro atoms. The summed E-state index contributed by atoms with van der Waals surface area (Å²) in [6, 6.07) is 4.79. The molecule has 0 aromatic heterocycles. The minimum absolute atomic E-state index is 0.278. The predicted molar refractivity (Wildman–Crippen MR) is 73.6 cm³/mol. The van der Waals surface area contributed by atoms with Crippen molar-refractivity contribution in [3.63, 3.8) is 0 Å². The van der Waals surface area contributed by atoms with Crippen LogP contribution in [0.25, 0.3) is 0 Å². The average molecular weight is 289 g/mol. The first-order chi connectivity index (χ1) is 8.79. The van der Waals surface area contributed by atoms with Gasteiger partial charge < -0.3 is 21.3 Å². The summed E-state index contributed by atoms with van der Waals surface area (Å²) >= 11 is 5.92. The van der Waals surface area contributed by atoms with E-state index in [1.54, 1.807) is 13.0 Å². The lowest BCUT2D eigenvalue weighted by atomic mass is 10.2. The largest absolute Gasteiger partial charge is 0.480 e. The first-order valence-corrected chi connectivity index (χ1v) is 5.83. The smallest absolute Gasteiger partial charge is 0.325 e. The number of benzene rings is 1. The van der Waals surface area contributed by atoms with E-state index in [0.29, 0.717) is 10.7 Å². The molecule has 0 fully saturated rings. The number of halogens is 1. The Kier molecular flexibility index (Phi) is 7.55. The lowest BCUT2D eigenvalue weighted by Crippen LogP contribution is -2.25. The molecule has 6 nitrogen and oxygen atoms in total. The molecule has 1 aromatic rings. The third-order valence-corrected chi connectivity index (χ3v) is 2.44. The Labute approximate surface area is 116 Å². The Morgan fingerprint density at radius 1 is 1.42 bits per heavy atom. The molecule has 106 valence electrons. The van der Waals surface area contributed by atoms with E-state index in [4.69, 9.17) is 21.8 Å². The minimum atomic E-state index is -0.968. The highest BCUT2D eigenvalue weighted by atomic mass is 35.5. The van der Waals surface area contributed by atoms with E-state index in [1.165, 1.54) is 0 Å². The van der Waals surface area contributed by atoms with Gasteiger partial charge in [-0.05, 0) is 25.5 Å². The van der Waals surface area contributed by atoms with E-state index in [-0.39, 0.29) is 6.54 Å². The zero-order chi connectivity index (χ0) is 15.0. The molecule has 0 saturated heterocycles. The monoisotopic (exact) mass is 288 g/mol. The van der Waals surface area contributed by atoms with Crippen LogP contribution in [0.2, 0.25) is 5.02 Å². The summed E-state index contributed by atoms with van der Waals surface area (Å²) in [7, 11) is 0. The van der Waals surface area contributed by atoms with Crippen molar-refractivity contribution in [2.45, 2.75) is 19.9 Å². The van der Waals surface area contributed by atoms with E-state index in [9.17, 15) is 9.59 Å². The molecular formula is C12H17ClN2O4. The normalized spacial score (nSPS) is 10.9. The molecule has 0 bridgehead atoms. The first-order valence-electron chi connectivity index (χ1n) is 5.45. The third-order valence-electron chi connectivity index (χ3n) is 2.13. The summed E-state index contributed by atoms with van der Waals surface area (Å²) in [5, 5.41) is 19.7. The Morgan fingerprint density at radius 2 is 1.95 bits per heavy atom. The van der Waals surface area contributed by atoms with E-state index < -0.39 is 18.0 Å². The van der Waals surface area contributed by atoms with Crippen molar-refractivity contribution in [1.29, 1.82) is 0 Å². The second-order valence-electron chi connectivity index (χ2n) is 3.73. The molecule has 0 radical (unpaired) electrons. The topological polar surface area (TPSA) is 113 Å². The maximum atomic E-state index is 10.6. The highest BCUT2D eigenvalue weighted by Crippen LogP contribution is 2.25. The molecule has 0 heterocycles. The summed E-state index contributed by atoms with van der Waals surface area (Å²) in [4.78, 5) is 19.9. The fraction of sp³-hybridized carbons (Fsp3) is 0.333. The Morgan fingerprint density at radius 3 is 2.32 bits per heavy atom. The molecule has 0 aliphatic heterocycles. The third kappa shape index (κ3) is 6.64. The molecule has 0 amide bonds. The number of nitrogens with one attached hydrogen (secondary N) is 1. The number of nitrogens with two attached hydrogens (primary N) is 1. The summed E-state index contributed by atoms with van der Waals surface area (Å²) in [5.74, 6) is -1.87. The lowest BCUT2D eigenvalue weighted by Gasteiger charge is -2.14. The number of para-hydroxylation sites is 1. The van der Waals surface area contributed by atoms with Gasteiger partial charge in [-0.15, -0.1) is 0 Å². The van der Waals surface area contributed by atoms with Gasteiger partial charge in [-0.3, -0.25) is 9.59 Å². The van der Waals surface area contributed by atoms with E-state index in [0.717, 1.165) is 5.56 Å². The van der Waals surface area contributed by atoms with Crippen molar-refractivity contribution < 1.29 is 19.8 Å². The number of carboxylic acid groups (broad SMARTS) is 2. The van der Waals surface area contributed by atoms with Gasteiger partial charge in [0.1, 0.15) is 6.04 Å². The Balaban J connectivity index is 0.000000555. The van der Waals surface area contributed by atoms with Gasteiger partial charge in [-0.1, -0.05) is 23.7 Å². The van der Waals surface area contributed by atoms with Gasteiger partial charge in [-0.2, -0.15) is 0 Å². The van der Waals surface area contributed by atoms with Gasteiger partial charge in [0, 0.05) is 0 Å². The maximum absolute atomic E-state index is 10.6. The van der Waals surface area contributed by atoms with Gasteiger partial charge >= 0.3 is 11.9 Å². The summed E-state index contributed by atoms with van der Waals surface area (Å²) < 4.78 is 0. The zero-order valence-corrected chi connectivity index (χ0v) is 11.4. The zero-order valence-electron chi connectivity index (χ0n) is 10.7. The van der Waals surface area contributed by atoms with Crippen LogP contribution in [0, 0.1) is 6.92 Å². The molecule has 0 aliphatic carbocycles. The quantitative estimate of drug-likeness (QED) is 0.669. The van der Waals surface area contributed by atoms with Gasteiger partial charge in [0.05, 0.1) is 17.3 Å². The van der Waals surface area contributed by atoms with Crippen LogP contribution >= 0.6 is 11.6 Å². The van der Waals surface area contributed by atoms with Gasteiger partial charge in [0.15, 0.2) is 0 Å². The number of anilines is 1. The highest BCUT2D eigenvalue weighted by Gasteiger charge is 2.12. The van der Waals surface area contributed by atoms with Crippen LogP contribution in [0.4, 0.5) is 5.69 Å². The lowest BCUT2D eigenvalue weighted by molar-refractivity contribution is -0.137. The average Bonchev–Trinajstić information content (AvgIpc) is 2.34. The molecule has 7 heteroatoms. The maximum Gasteiger partial charge on any atom is 0.325 e. The summed E-state index contributed by atoms with van der Waals surface area (Å²) in [6.07, 6.45) is 0. The second-order valence-corrected chi connectivity index (χ2v) is 4.14. The second kappa shape index (κ2) is 8.34. The molecular weight excluding hydrogens is 272 g/mol. The van der Waals surface area contributed by atoms with E-state index in [2.05, 4.69) is 11.1 Å². The van der Waals surface area contributed by atoms with Crippen molar-refractivity contribution in [1.82, 2.24) is 0 Å². The fourth-order valence-corrected chi connectivity index (χ4v) is 1.37. The first kappa shape index (κ1) is 17.2. The fourth-order valence-electron chi connectivity index (χ4n) is 1.09. The number of carbonyl (C=O) groups is 2. The van der Waals surface area contributed by atoms with Gasteiger partial charge in [-0.25, -0.2) is 0 Å². The van der Waals surface area contributed by atoms with Crippen LogP contribution in [0.1, 0.15) is 12.5 Å². The molecule has 0 aliphatic rings. The van der Waals surface area contributed by atoms with Crippen LogP contribution in [0.15, 0.2) is 18.2 Å². The number of hydrogen-bond donors (Lipinski definition) is 4. The van der Waals surface area contributed by atoms with Crippen LogP contribution in [-0.2, 0) is 9.59 Å². The summed E-state index contributed by atoms with van der Waals surface area (Å²) in [6.45, 7) is 3.17. The molecule has 1 rings (SSSR count). The van der Waals surface area contributed by atoms with E-state index in [1.807, 2.05) is 19.1 Å². The Hall–Kier alpha value is -1.79. The van der Waals surface area contributed by atoms with Gasteiger partial charge in [0.25, 0.3) is 0 Å². The van der Waals surface area contributed by atoms with Gasteiger partial charge in [0.2, 0.25) is 0 Å². The van der Waals surface area contributed by atoms with E-state index >= 15 is 0 Å². The van der Waals surface area contributed by atoms with Crippen LogP contribution < -0.4 is 11.1 Å². The standard InChI is InChI=1S/C10H12ClNO2.C2H5NO2/c1-6-4-3-5-8(11)9(6)12-7(2)10(13)14;3-1-2(4)5/h3-5,7,12H,1-2H3,(H,13,14);1,3H2,(H,4,5)/t7-;/m0./s1. The van der Waals surface area contributed by atoms with Crippen molar-refractivity contribution in [3.8, 4) is 0 Å². The molecule has 0 unspecified atom stereocenters. The number of aliphatic carboxylic acids is 2. The molecule has 19 heavy (non-hydrogen) atoms. The highest BCUT2D eigenvalue weighted by molar-refractivity contribution is 6.33. The number of hydrogen-bond acceptors (Lipinski definition) is 4. The molecule has 1 atom stereocenters. The summed E-state index contributed by atoms with van der Waals surface area (Å²) in [5.41, 5.74) is 6.19. The Bertz CT molecular complexity index is 431. The van der Waals surface area contributed by atoms with Crippen molar-refractivity contribution >= 4 is 29.2 Å². The minimum Gasteiger partial charge on any atom is -0.480 e. The van der Waals surface area contributed by atoms with Crippen molar-refractivity contribution in [2.24, 2.45) is 5.73 Å². The van der Waals surface area contributed by atoms with Crippen LogP contribution in [0.5, 0.6) is 0 Å². The molecule has 0 saturated carbocycles. The van der Waals surface area contributed by atoms with Crippen molar-refractivity contribution in [2.75, 3.05) is 11.9 Å². The number of rotatable bonds is 4.